The highest BCUT2D eigenvalue weighted by Crippen LogP contribution is 2.39. The number of benzene rings is 1. The van der Waals surface area contributed by atoms with Gasteiger partial charge in [-0.05, 0) is 49.3 Å². The molecule has 7 nitrogen and oxygen atoms in total. The van der Waals surface area contributed by atoms with Gasteiger partial charge in [0.2, 0.25) is 5.91 Å². The number of nitrogens with one attached hydrogen (secondary N) is 1. The third kappa shape index (κ3) is 3.30. The van der Waals surface area contributed by atoms with Crippen LogP contribution in [0, 0.1) is 17.8 Å². The molecule has 2 unspecified atom stereocenters. The zero-order chi connectivity index (χ0) is 18.3. The molecule has 2 aromatic rings. The number of hydrogen-bond acceptors (Lipinski definition) is 4. The molecule has 1 aliphatic carbocycles. The number of hydrogen-bond donors (Lipinski definition) is 1. The van der Waals surface area contributed by atoms with Crippen molar-refractivity contribution in [2.45, 2.75) is 26.2 Å². The van der Waals surface area contributed by atoms with E-state index in [2.05, 4.69) is 22.3 Å². The van der Waals surface area contributed by atoms with Crippen LogP contribution >= 0.6 is 0 Å². The molecule has 0 radical (unpaired) electrons. The van der Waals surface area contributed by atoms with E-state index in [0.717, 1.165) is 44.4 Å². The highest BCUT2D eigenvalue weighted by atomic mass is 16.2. The van der Waals surface area contributed by atoms with Crippen LogP contribution in [0.15, 0.2) is 18.2 Å². The first-order chi connectivity index (χ1) is 12.5. The lowest BCUT2D eigenvalue weighted by Crippen LogP contribution is -2.42. The molecule has 4 rings (SSSR count). The van der Waals surface area contributed by atoms with E-state index in [0.29, 0.717) is 22.9 Å². The zero-order valence-corrected chi connectivity index (χ0v) is 15.3. The molecule has 2 heterocycles. The van der Waals surface area contributed by atoms with Gasteiger partial charge in [-0.3, -0.25) is 9.59 Å². The second-order valence-corrected chi connectivity index (χ2v) is 7.80. The van der Waals surface area contributed by atoms with Gasteiger partial charge in [0.05, 0.1) is 0 Å². The summed E-state index contributed by atoms with van der Waals surface area (Å²) in [6.07, 6.45) is 2.91. The fraction of sp³-hybridized carbons (Fsp3) is 0.579. The van der Waals surface area contributed by atoms with Crippen LogP contribution in [0.4, 0.5) is 0 Å². The van der Waals surface area contributed by atoms with Crippen LogP contribution in [-0.2, 0) is 4.79 Å². The van der Waals surface area contributed by atoms with Crippen molar-refractivity contribution in [2.24, 2.45) is 17.8 Å². The molecule has 1 aliphatic heterocycles. The van der Waals surface area contributed by atoms with Gasteiger partial charge in [0.1, 0.15) is 11.0 Å². The Balaban J connectivity index is 1.31. The molecule has 2 aliphatic rings. The summed E-state index contributed by atoms with van der Waals surface area (Å²) in [4.78, 5) is 28.8. The zero-order valence-electron chi connectivity index (χ0n) is 15.3. The smallest absolute Gasteiger partial charge is 0.253 e. The molecule has 0 bridgehead atoms. The Kier molecular flexibility index (Phi) is 4.38. The van der Waals surface area contributed by atoms with E-state index < -0.39 is 0 Å². The van der Waals surface area contributed by atoms with Gasteiger partial charge in [-0.25, -0.2) is 0 Å². The van der Waals surface area contributed by atoms with Crippen LogP contribution in [0.2, 0.25) is 0 Å². The molecule has 2 atom stereocenters. The highest BCUT2D eigenvalue weighted by molar-refractivity contribution is 5.97. The second-order valence-electron chi connectivity index (χ2n) is 7.80. The summed E-state index contributed by atoms with van der Waals surface area (Å²) in [5.41, 5.74) is 2.12. The molecule has 1 N–H and O–H groups in total. The molecular weight excluding hydrogens is 330 g/mol. The molecule has 1 aromatic carbocycles. The Morgan fingerprint density at radius 1 is 1.23 bits per heavy atom. The number of fused-ring (bicyclic) bond motifs is 1. The summed E-state index contributed by atoms with van der Waals surface area (Å²) >= 11 is 0. The minimum absolute atomic E-state index is 0.0459. The average molecular weight is 355 g/mol. The van der Waals surface area contributed by atoms with E-state index in [-0.39, 0.29) is 17.7 Å². The topological polar surface area (TPSA) is 82.2 Å². The quantitative estimate of drug-likeness (QED) is 0.908. The maximum absolute atomic E-state index is 12.7. The van der Waals surface area contributed by atoms with Gasteiger partial charge in [0, 0.05) is 38.2 Å². The molecule has 138 valence electrons. The Bertz CT molecular complexity index is 824. The van der Waals surface area contributed by atoms with Crippen molar-refractivity contribution in [3.63, 3.8) is 0 Å². The summed E-state index contributed by atoms with van der Waals surface area (Å²) < 4.78 is 0. The molecule has 7 heteroatoms. The number of amides is 2. The molecule has 1 saturated heterocycles. The van der Waals surface area contributed by atoms with E-state index in [1.807, 2.05) is 29.0 Å². The number of piperidine rings is 1. The third-order valence-electron chi connectivity index (χ3n) is 5.80. The van der Waals surface area contributed by atoms with E-state index in [9.17, 15) is 9.59 Å². The Morgan fingerprint density at radius 3 is 2.62 bits per heavy atom. The molecule has 1 saturated carbocycles. The van der Waals surface area contributed by atoms with Crippen LogP contribution in [0.3, 0.4) is 0 Å². The lowest BCUT2D eigenvalue weighted by atomic mass is 9.95. The predicted octanol–water partition coefficient (Wildman–Crippen LogP) is 1.92. The van der Waals surface area contributed by atoms with E-state index in [1.165, 1.54) is 0 Å². The van der Waals surface area contributed by atoms with Crippen molar-refractivity contribution in [2.75, 3.05) is 26.7 Å². The SMILES string of the molecule is CC1CC1C(=O)N(C)CC1CCN(C(=O)c2ccc3n[nH]nc3c2)CC1. The summed E-state index contributed by atoms with van der Waals surface area (Å²) in [5, 5.41) is 10.6. The van der Waals surface area contributed by atoms with Gasteiger partial charge in [0.15, 0.2) is 0 Å². The van der Waals surface area contributed by atoms with Crippen molar-refractivity contribution in [1.29, 1.82) is 0 Å². The van der Waals surface area contributed by atoms with Gasteiger partial charge < -0.3 is 9.80 Å². The normalized spacial score (nSPS) is 23.2. The fourth-order valence-corrected chi connectivity index (χ4v) is 3.90. The van der Waals surface area contributed by atoms with Crippen molar-refractivity contribution >= 4 is 22.8 Å². The second kappa shape index (κ2) is 6.70. The fourth-order valence-electron chi connectivity index (χ4n) is 3.90. The van der Waals surface area contributed by atoms with Crippen molar-refractivity contribution < 1.29 is 9.59 Å². The first kappa shape index (κ1) is 17.0. The molecule has 26 heavy (non-hydrogen) atoms. The summed E-state index contributed by atoms with van der Waals surface area (Å²) in [5.74, 6) is 1.60. The lowest BCUT2D eigenvalue weighted by molar-refractivity contribution is -0.132. The van der Waals surface area contributed by atoms with Crippen molar-refractivity contribution in [3.8, 4) is 0 Å². The number of aromatic nitrogens is 3. The van der Waals surface area contributed by atoms with Crippen LogP contribution in [-0.4, -0.2) is 63.7 Å². The number of H-pyrrole nitrogens is 1. The van der Waals surface area contributed by atoms with Crippen molar-refractivity contribution in [1.82, 2.24) is 25.2 Å². The van der Waals surface area contributed by atoms with Crippen LogP contribution < -0.4 is 0 Å². The van der Waals surface area contributed by atoms with E-state index >= 15 is 0 Å². The average Bonchev–Trinajstić information content (AvgIpc) is 3.19. The molecule has 2 amide bonds. The molecular formula is C19H25N5O2. The van der Waals surface area contributed by atoms with Crippen LogP contribution in [0.25, 0.3) is 11.0 Å². The van der Waals surface area contributed by atoms with Crippen molar-refractivity contribution in [3.05, 3.63) is 23.8 Å². The minimum Gasteiger partial charge on any atom is -0.345 e. The maximum Gasteiger partial charge on any atom is 0.253 e. The van der Waals surface area contributed by atoms with Gasteiger partial charge in [-0.15, -0.1) is 0 Å². The first-order valence-corrected chi connectivity index (χ1v) is 9.37. The van der Waals surface area contributed by atoms with E-state index in [4.69, 9.17) is 0 Å². The largest absolute Gasteiger partial charge is 0.345 e. The van der Waals surface area contributed by atoms with Gasteiger partial charge in [-0.1, -0.05) is 6.92 Å². The third-order valence-corrected chi connectivity index (χ3v) is 5.80. The number of aromatic amines is 1. The van der Waals surface area contributed by atoms with Gasteiger partial charge in [0.25, 0.3) is 5.91 Å². The first-order valence-electron chi connectivity index (χ1n) is 9.37. The Morgan fingerprint density at radius 2 is 1.92 bits per heavy atom. The molecule has 0 spiro atoms. The Labute approximate surface area is 152 Å². The summed E-state index contributed by atoms with van der Waals surface area (Å²) in [7, 11) is 1.91. The highest BCUT2D eigenvalue weighted by Gasteiger charge is 2.41. The Hall–Kier alpha value is -2.44. The number of nitrogens with zero attached hydrogens (tertiary/aromatic N) is 4. The summed E-state index contributed by atoms with van der Waals surface area (Å²) in [6, 6.07) is 5.41. The lowest BCUT2D eigenvalue weighted by Gasteiger charge is -2.34. The van der Waals surface area contributed by atoms with Crippen LogP contribution in [0.1, 0.15) is 36.5 Å². The number of likely N-dealkylation sites (tertiary alicyclic amines) is 1. The monoisotopic (exact) mass is 355 g/mol. The standard InChI is InChI=1S/C19H25N5O2/c1-12-9-15(12)19(26)23(2)11-13-5-7-24(8-6-13)18(25)14-3-4-16-17(10-14)21-22-20-16/h3-4,10,12-13,15H,5-9,11H2,1-2H3,(H,20,21,22). The van der Waals surface area contributed by atoms with Gasteiger partial charge >= 0.3 is 0 Å². The number of carbonyl (C=O) groups is 2. The molecule has 1 aromatic heterocycles. The van der Waals surface area contributed by atoms with E-state index in [1.54, 1.807) is 6.07 Å². The minimum atomic E-state index is 0.0459. The maximum atomic E-state index is 12.7. The molecule has 2 fully saturated rings. The summed E-state index contributed by atoms with van der Waals surface area (Å²) in [6.45, 7) is 4.41. The number of carbonyl (C=O) groups excluding carboxylic acids is 2. The van der Waals surface area contributed by atoms with Crippen LogP contribution in [0.5, 0.6) is 0 Å². The van der Waals surface area contributed by atoms with Gasteiger partial charge in [-0.2, -0.15) is 15.4 Å². The number of rotatable bonds is 4. The predicted molar refractivity (Wildman–Crippen MR) is 97.4 cm³/mol.